The van der Waals surface area contributed by atoms with Gasteiger partial charge in [0.25, 0.3) is 0 Å². The van der Waals surface area contributed by atoms with Gasteiger partial charge < -0.3 is 10.5 Å². The zero-order valence-corrected chi connectivity index (χ0v) is 10.9. The lowest BCUT2D eigenvalue weighted by Crippen LogP contribution is -2.48. The summed E-state index contributed by atoms with van der Waals surface area (Å²) in [5, 5.41) is 0. The second kappa shape index (κ2) is 5.60. The fraction of sp³-hybridized carbons (Fsp3) is 0.833. The molecule has 2 amide bonds. The average molecular weight is 242 g/mol. The van der Waals surface area contributed by atoms with E-state index >= 15 is 0 Å². The fourth-order valence-corrected chi connectivity index (χ4v) is 2.43. The van der Waals surface area contributed by atoms with Crippen molar-refractivity contribution in [1.29, 1.82) is 0 Å². The van der Waals surface area contributed by atoms with Crippen molar-refractivity contribution in [2.45, 2.75) is 39.2 Å². The van der Waals surface area contributed by atoms with Crippen LogP contribution in [0.15, 0.2) is 0 Å². The van der Waals surface area contributed by atoms with E-state index in [4.69, 9.17) is 10.5 Å². The summed E-state index contributed by atoms with van der Waals surface area (Å²) in [6, 6.07) is -0.333. The number of ether oxygens (including phenoxy) is 1. The topological polar surface area (TPSA) is 72.6 Å². The fourth-order valence-electron chi connectivity index (χ4n) is 2.43. The molecule has 0 aromatic carbocycles. The van der Waals surface area contributed by atoms with Gasteiger partial charge in [-0.15, -0.1) is 0 Å². The molecule has 5 nitrogen and oxygen atoms in total. The molecule has 0 bridgehead atoms. The predicted molar refractivity (Wildman–Crippen MR) is 64.2 cm³/mol. The van der Waals surface area contributed by atoms with Crippen LogP contribution in [0.3, 0.4) is 0 Å². The van der Waals surface area contributed by atoms with Crippen LogP contribution in [-0.4, -0.2) is 43.0 Å². The molecule has 1 aliphatic rings. The first kappa shape index (κ1) is 14.1. The monoisotopic (exact) mass is 242 g/mol. The summed E-state index contributed by atoms with van der Waals surface area (Å²) >= 11 is 0. The molecule has 1 saturated heterocycles. The molecule has 98 valence electrons. The van der Waals surface area contributed by atoms with Gasteiger partial charge in [-0.1, -0.05) is 13.8 Å². The number of nitrogens with zero attached hydrogens (tertiary/aromatic N) is 1. The highest BCUT2D eigenvalue weighted by molar-refractivity contribution is 6.06. The summed E-state index contributed by atoms with van der Waals surface area (Å²) in [6.07, 6.45) is 1.68. The Bertz CT molecular complexity index is 300. The van der Waals surface area contributed by atoms with E-state index in [9.17, 15) is 9.59 Å². The van der Waals surface area contributed by atoms with Crippen LogP contribution in [-0.2, 0) is 14.3 Å². The molecular weight excluding hydrogens is 220 g/mol. The van der Waals surface area contributed by atoms with Gasteiger partial charge in [0.15, 0.2) is 0 Å². The van der Waals surface area contributed by atoms with Crippen LogP contribution in [0.5, 0.6) is 0 Å². The predicted octanol–water partition coefficient (Wildman–Crippen LogP) is 0.525. The molecule has 1 rings (SSSR count). The smallest absolute Gasteiger partial charge is 0.236 e. The lowest BCUT2D eigenvalue weighted by atomic mass is 9.81. The maximum absolute atomic E-state index is 12.4. The zero-order chi connectivity index (χ0) is 13.1. The van der Waals surface area contributed by atoms with Crippen molar-refractivity contribution in [3.8, 4) is 0 Å². The second-order valence-electron chi connectivity index (χ2n) is 4.58. The maximum atomic E-state index is 12.4. The van der Waals surface area contributed by atoms with Crippen LogP contribution in [0.1, 0.15) is 33.1 Å². The number of imide groups is 1. The first-order valence-corrected chi connectivity index (χ1v) is 6.11. The highest BCUT2D eigenvalue weighted by atomic mass is 16.5. The van der Waals surface area contributed by atoms with E-state index in [1.54, 1.807) is 7.11 Å². The molecule has 0 aliphatic carbocycles. The van der Waals surface area contributed by atoms with Gasteiger partial charge in [0.2, 0.25) is 11.8 Å². The molecule has 5 heteroatoms. The molecule has 1 fully saturated rings. The molecule has 1 atom stereocenters. The van der Waals surface area contributed by atoms with Crippen molar-refractivity contribution in [2.75, 3.05) is 20.3 Å². The first-order chi connectivity index (χ1) is 8.06. The van der Waals surface area contributed by atoms with Crippen molar-refractivity contribution in [2.24, 2.45) is 11.1 Å². The number of hydrogen-bond donors (Lipinski definition) is 1. The Hall–Kier alpha value is -0.940. The van der Waals surface area contributed by atoms with Gasteiger partial charge in [-0.05, 0) is 12.8 Å². The Labute approximate surface area is 102 Å². The summed E-state index contributed by atoms with van der Waals surface area (Å²) < 4.78 is 5.01. The van der Waals surface area contributed by atoms with Crippen molar-refractivity contribution >= 4 is 11.8 Å². The summed E-state index contributed by atoms with van der Waals surface area (Å²) in [5.74, 6) is -0.203. The first-order valence-electron chi connectivity index (χ1n) is 6.11. The van der Waals surface area contributed by atoms with Crippen LogP contribution >= 0.6 is 0 Å². The van der Waals surface area contributed by atoms with Crippen LogP contribution < -0.4 is 5.73 Å². The molecule has 1 heterocycles. The van der Waals surface area contributed by atoms with E-state index in [0.717, 1.165) is 0 Å². The maximum Gasteiger partial charge on any atom is 0.236 e. The summed E-state index contributed by atoms with van der Waals surface area (Å²) in [4.78, 5) is 25.7. The average Bonchev–Trinajstić information content (AvgIpc) is 2.59. The van der Waals surface area contributed by atoms with Gasteiger partial charge in [0.05, 0.1) is 18.1 Å². The number of rotatable bonds is 6. The molecule has 0 radical (unpaired) electrons. The molecule has 1 unspecified atom stereocenters. The summed E-state index contributed by atoms with van der Waals surface area (Å²) in [6.45, 7) is 4.45. The number of hydrogen-bond acceptors (Lipinski definition) is 4. The summed E-state index contributed by atoms with van der Waals surface area (Å²) in [5.41, 5.74) is 5.09. The highest BCUT2D eigenvalue weighted by Crippen LogP contribution is 2.39. The molecule has 0 aromatic rings. The molecular formula is C12H22N2O3. The second-order valence-corrected chi connectivity index (χ2v) is 4.58. The Balaban J connectivity index is 2.95. The van der Waals surface area contributed by atoms with E-state index in [0.29, 0.717) is 25.9 Å². The minimum atomic E-state index is -0.516. The minimum absolute atomic E-state index is 0.0833. The minimum Gasteiger partial charge on any atom is -0.382 e. The van der Waals surface area contributed by atoms with E-state index in [1.165, 1.54) is 4.90 Å². The lowest BCUT2D eigenvalue weighted by Gasteiger charge is -2.28. The Kier molecular flexibility index (Phi) is 4.65. The van der Waals surface area contributed by atoms with E-state index in [-0.39, 0.29) is 24.4 Å². The van der Waals surface area contributed by atoms with E-state index in [2.05, 4.69) is 0 Å². The van der Waals surface area contributed by atoms with Gasteiger partial charge in [0.1, 0.15) is 0 Å². The number of carbonyl (C=O) groups is 2. The molecule has 17 heavy (non-hydrogen) atoms. The number of likely N-dealkylation sites (tertiary alicyclic amines) is 1. The van der Waals surface area contributed by atoms with Crippen LogP contribution in [0, 0.1) is 5.41 Å². The SMILES string of the molecule is CCC1(CC)CC(=O)N(C(CN)COC)C1=O. The molecule has 0 aromatic heterocycles. The van der Waals surface area contributed by atoms with Crippen molar-refractivity contribution < 1.29 is 14.3 Å². The number of carbonyl (C=O) groups excluding carboxylic acids is 2. The molecule has 0 saturated carbocycles. The number of nitrogens with two attached hydrogens (primary N) is 1. The van der Waals surface area contributed by atoms with Gasteiger partial charge in [-0.3, -0.25) is 14.5 Å². The zero-order valence-electron chi connectivity index (χ0n) is 10.9. The Morgan fingerprint density at radius 1 is 1.41 bits per heavy atom. The molecule has 0 spiro atoms. The van der Waals surface area contributed by atoms with Gasteiger partial charge >= 0.3 is 0 Å². The van der Waals surface area contributed by atoms with Crippen LogP contribution in [0.2, 0.25) is 0 Å². The standard InChI is InChI=1S/C12H22N2O3/c1-4-12(5-2)6-10(15)14(11(12)16)9(7-13)8-17-3/h9H,4-8,13H2,1-3H3. The third-order valence-electron chi connectivity index (χ3n) is 3.78. The largest absolute Gasteiger partial charge is 0.382 e. The van der Waals surface area contributed by atoms with Gasteiger partial charge in [-0.2, -0.15) is 0 Å². The Morgan fingerprint density at radius 3 is 2.35 bits per heavy atom. The van der Waals surface area contributed by atoms with Crippen molar-refractivity contribution in [1.82, 2.24) is 4.90 Å². The van der Waals surface area contributed by atoms with Crippen LogP contribution in [0.4, 0.5) is 0 Å². The molecule has 1 aliphatic heterocycles. The third kappa shape index (κ3) is 2.35. The third-order valence-corrected chi connectivity index (χ3v) is 3.78. The lowest BCUT2D eigenvalue weighted by molar-refractivity contribution is -0.145. The Morgan fingerprint density at radius 2 is 2.00 bits per heavy atom. The summed E-state index contributed by atoms with van der Waals surface area (Å²) in [7, 11) is 1.54. The van der Waals surface area contributed by atoms with Crippen molar-refractivity contribution in [3.05, 3.63) is 0 Å². The van der Waals surface area contributed by atoms with Gasteiger partial charge in [0, 0.05) is 20.1 Å². The molecule has 2 N–H and O–H groups in total. The quantitative estimate of drug-likeness (QED) is 0.689. The van der Waals surface area contributed by atoms with E-state index in [1.807, 2.05) is 13.8 Å². The van der Waals surface area contributed by atoms with E-state index < -0.39 is 5.41 Å². The highest BCUT2D eigenvalue weighted by Gasteiger charge is 2.50. The van der Waals surface area contributed by atoms with Crippen molar-refractivity contribution in [3.63, 3.8) is 0 Å². The number of methoxy groups -OCH3 is 1. The van der Waals surface area contributed by atoms with Gasteiger partial charge in [-0.25, -0.2) is 0 Å². The van der Waals surface area contributed by atoms with Crippen LogP contribution in [0.25, 0.3) is 0 Å². The number of amides is 2. The normalized spacial score (nSPS) is 21.1.